The lowest BCUT2D eigenvalue weighted by molar-refractivity contribution is 0.0981. The van der Waals surface area contributed by atoms with Gasteiger partial charge in [-0.25, -0.2) is 0 Å². The number of ketones is 1. The Labute approximate surface area is 144 Å². The smallest absolute Gasteiger partial charge is 0.249 e. The van der Waals surface area contributed by atoms with Crippen LogP contribution in [-0.4, -0.2) is 11.7 Å². The predicted octanol–water partition coefficient (Wildman–Crippen LogP) is 4.34. The molecule has 118 valence electrons. The fourth-order valence-corrected chi connectivity index (χ4v) is 2.73. The highest BCUT2D eigenvalue weighted by atomic mass is 35.5. The van der Waals surface area contributed by atoms with Crippen molar-refractivity contribution in [1.82, 2.24) is 0 Å². The average Bonchev–Trinajstić information content (AvgIpc) is 2.62. The third-order valence-corrected chi connectivity index (χ3v) is 4.00. The van der Waals surface area contributed by atoms with E-state index >= 15 is 0 Å². The van der Waals surface area contributed by atoms with Crippen LogP contribution in [0.25, 0.3) is 11.1 Å². The first-order valence-electron chi connectivity index (χ1n) is 7.36. The molecule has 24 heavy (non-hydrogen) atoms. The molecule has 3 aromatic rings. The fourth-order valence-electron chi connectivity index (χ4n) is 2.61. The van der Waals surface area contributed by atoms with Crippen molar-refractivity contribution < 1.29 is 9.59 Å². The van der Waals surface area contributed by atoms with Crippen molar-refractivity contribution in [3.63, 3.8) is 0 Å². The van der Waals surface area contributed by atoms with E-state index < -0.39 is 5.91 Å². The molecule has 0 spiro atoms. The molecule has 3 nitrogen and oxygen atoms in total. The Hall–Kier alpha value is -2.91. The van der Waals surface area contributed by atoms with E-state index in [9.17, 15) is 9.59 Å². The van der Waals surface area contributed by atoms with Crippen molar-refractivity contribution in [1.29, 1.82) is 0 Å². The Balaban J connectivity index is 2.22. The van der Waals surface area contributed by atoms with Gasteiger partial charge in [-0.15, -0.1) is 0 Å². The highest BCUT2D eigenvalue weighted by molar-refractivity contribution is 6.30. The quantitative estimate of drug-likeness (QED) is 0.721. The normalized spacial score (nSPS) is 10.4. The summed E-state index contributed by atoms with van der Waals surface area (Å²) < 4.78 is 0. The molecule has 0 aromatic heterocycles. The highest BCUT2D eigenvalue weighted by Crippen LogP contribution is 2.28. The molecule has 0 aliphatic rings. The second-order valence-corrected chi connectivity index (χ2v) is 5.73. The van der Waals surface area contributed by atoms with Crippen LogP contribution in [0.4, 0.5) is 0 Å². The van der Waals surface area contributed by atoms with Gasteiger partial charge in [0, 0.05) is 16.1 Å². The summed E-state index contributed by atoms with van der Waals surface area (Å²) in [6, 6.07) is 21.1. The largest absolute Gasteiger partial charge is 0.366 e. The molecule has 0 unspecified atom stereocenters. The van der Waals surface area contributed by atoms with Crippen LogP contribution in [0.5, 0.6) is 0 Å². The topological polar surface area (TPSA) is 60.2 Å². The summed E-state index contributed by atoms with van der Waals surface area (Å²) in [6.45, 7) is 0. The second kappa shape index (κ2) is 6.69. The molecule has 0 aliphatic heterocycles. The van der Waals surface area contributed by atoms with Gasteiger partial charge in [-0.2, -0.15) is 0 Å². The van der Waals surface area contributed by atoms with Crippen molar-refractivity contribution >= 4 is 23.3 Å². The minimum Gasteiger partial charge on any atom is -0.366 e. The van der Waals surface area contributed by atoms with Gasteiger partial charge in [0.1, 0.15) is 0 Å². The molecular weight excluding hydrogens is 322 g/mol. The molecule has 0 saturated carbocycles. The molecule has 3 rings (SSSR count). The Bertz CT molecular complexity index is 903. The summed E-state index contributed by atoms with van der Waals surface area (Å²) in [5, 5.41) is 0.540. The number of halogens is 1. The third-order valence-electron chi connectivity index (χ3n) is 3.75. The molecule has 0 radical (unpaired) electrons. The molecule has 0 heterocycles. The first kappa shape index (κ1) is 16.0. The molecule has 3 aromatic carbocycles. The summed E-state index contributed by atoms with van der Waals surface area (Å²) in [5.74, 6) is -0.898. The van der Waals surface area contributed by atoms with Crippen LogP contribution in [0, 0.1) is 0 Å². The van der Waals surface area contributed by atoms with Crippen molar-refractivity contribution in [2.24, 2.45) is 5.73 Å². The number of hydrogen-bond acceptors (Lipinski definition) is 2. The van der Waals surface area contributed by atoms with Gasteiger partial charge in [0.2, 0.25) is 5.91 Å². The Morgan fingerprint density at radius 2 is 1.46 bits per heavy atom. The van der Waals surface area contributed by atoms with Crippen molar-refractivity contribution in [2.45, 2.75) is 0 Å². The molecule has 0 atom stereocenters. The summed E-state index contributed by atoms with van der Waals surface area (Å²) in [7, 11) is 0. The number of carbonyl (C=O) groups excluding carboxylic acids is 2. The van der Waals surface area contributed by atoms with Crippen molar-refractivity contribution in [3.8, 4) is 11.1 Å². The zero-order valence-corrected chi connectivity index (χ0v) is 13.5. The van der Waals surface area contributed by atoms with E-state index in [4.69, 9.17) is 17.3 Å². The van der Waals surface area contributed by atoms with E-state index in [2.05, 4.69) is 0 Å². The van der Waals surface area contributed by atoms with Gasteiger partial charge >= 0.3 is 0 Å². The molecule has 0 saturated heterocycles. The van der Waals surface area contributed by atoms with E-state index in [1.54, 1.807) is 36.4 Å². The second-order valence-electron chi connectivity index (χ2n) is 5.29. The lowest BCUT2D eigenvalue weighted by atomic mass is 9.90. The van der Waals surface area contributed by atoms with Gasteiger partial charge in [-0.3, -0.25) is 9.59 Å². The number of amides is 1. The molecule has 0 aliphatic carbocycles. The van der Waals surface area contributed by atoms with Gasteiger partial charge < -0.3 is 5.73 Å². The molecule has 2 N–H and O–H groups in total. The van der Waals surface area contributed by atoms with Crippen LogP contribution in [0.15, 0.2) is 72.8 Å². The van der Waals surface area contributed by atoms with Gasteiger partial charge in [-0.05, 0) is 41.5 Å². The van der Waals surface area contributed by atoms with Gasteiger partial charge in [0.25, 0.3) is 0 Å². The first-order chi connectivity index (χ1) is 11.6. The number of nitrogens with two attached hydrogens (primary N) is 1. The molecule has 0 bridgehead atoms. The number of primary amides is 1. The third kappa shape index (κ3) is 3.07. The van der Waals surface area contributed by atoms with Crippen LogP contribution in [0.2, 0.25) is 5.02 Å². The lowest BCUT2D eigenvalue weighted by Crippen LogP contribution is -2.17. The minimum absolute atomic E-state index is 0.205. The fraction of sp³-hybridized carbons (Fsp3) is 0. The zero-order valence-electron chi connectivity index (χ0n) is 12.7. The number of benzene rings is 3. The van der Waals surface area contributed by atoms with Crippen molar-refractivity contribution in [2.75, 3.05) is 0 Å². The monoisotopic (exact) mass is 335 g/mol. The Morgan fingerprint density at radius 3 is 2.08 bits per heavy atom. The Kier molecular flexibility index (Phi) is 4.45. The van der Waals surface area contributed by atoms with Gasteiger partial charge in [0.05, 0.1) is 5.56 Å². The number of rotatable bonds is 4. The van der Waals surface area contributed by atoms with Crippen LogP contribution < -0.4 is 5.73 Å². The van der Waals surface area contributed by atoms with E-state index in [1.807, 2.05) is 36.4 Å². The van der Waals surface area contributed by atoms with Crippen LogP contribution >= 0.6 is 11.6 Å². The van der Waals surface area contributed by atoms with Gasteiger partial charge in [0.15, 0.2) is 5.78 Å². The van der Waals surface area contributed by atoms with E-state index in [0.29, 0.717) is 21.7 Å². The van der Waals surface area contributed by atoms with Crippen molar-refractivity contribution in [3.05, 3.63) is 94.5 Å². The SMILES string of the molecule is NC(=O)c1cccc(-c2ccccc2)c1C(=O)c1ccc(Cl)cc1. The number of hydrogen-bond donors (Lipinski definition) is 1. The number of carbonyl (C=O) groups is 2. The summed E-state index contributed by atoms with van der Waals surface area (Å²) >= 11 is 5.89. The maximum absolute atomic E-state index is 13.0. The van der Waals surface area contributed by atoms with Crippen LogP contribution in [0.1, 0.15) is 26.3 Å². The molecule has 4 heteroatoms. The van der Waals surface area contributed by atoms with E-state index in [-0.39, 0.29) is 11.3 Å². The maximum Gasteiger partial charge on any atom is 0.249 e. The molecule has 1 amide bonds. The lowest BCUT2D eigenvalue weighted by Gasteiger charge is -2.13. The molecule has 0 fully saturated rings. The van der Waals surface area contributed by atoms with Crippen LogP contribution in [0.3, 0.4) is 0 Å². The molecular formula is C20H14ClNO2. The predicted molar refractivity (Wildman–Crippen MR) is 95.3 cm³/mol. The van der Waals surface area contributed by atoms with E-state index in [1.165, 1.54) is 0 Å². The highest BCUT2D eigenvalue weighted by Gasteiger charge is 2.21. The minimum atomic E-state index is -0.634. The van der Waals surface area contributed by atoms with E-state index in [0.717, 1.165) is 5.56 Å². The summed E-state index contributed by atoms with van der Waals surface area (Å²) in [6.07, 6.45) is 0. The summed E-state index contributed by atoms with van der Waals surface area (Å²) in [4.78, 5) is 24.9. The van der Waals surface area contributed by atoms with Crippen LogP contribution in [-0.2, 0) is 0 Å². The standard InChI is InChI=1S/C20H14ClNO2/c21-15-11-9-14(10-12-15)19(23)18-16(13-5-2-1-3-6-13)7-4-8-17(18)20(22)24/h1-12H,(H2,22,24). The maximum atomic E-state index is 13.0. The Morgan fingerprint density at radius 1 is 0.792 bits per heavy atom. The average molecular weight is 336 g/mol. The summed E-state index contributed by atoms with van der Waals surface area (Å²) in [5.41, 5.74) is 7.97. The first-order valence-corrected chi connectivity index (χ1v) is 7.74. The zero-order chi connectivity index (χ0) is 17.1. The van der Waals surface area contributed by atoms with Gasteiger partial charge in [-0.1, -0.05) is 54.1 Å².